The molecule has 0 aliphatic rings. The van der Waals surface area contributed by atoms with Gasteiger partial charge in [-0.15, -0.1) is 0 Å². The molecule has 1 aromatic heterocycles. The number of rotatable bonds is 5. The van der Waals surface area contributed by atoms with Crippen molar-refractivity contribution in [3.63, 3.8) is 0 Å². The van der Waals surface area contributed by atoms with Crippen molar-refractivity contribution < 1.29 is 9.90 Å². The van der Waals surface area contributed by atoms with Crippen LogP contribution in [0.5, 0.6) is 0 Å². The zero-order valence-electron chi connectivity index (χ0n) is 15.0. The van der Waals surface area contributed by atoms with Crippen LogP contribution in [-0.4, -0.2) is 20.9 Å². The van der Waals surface area contributed by atoms with E-state index in [1.54, 1.807) is 24.3 Å². The molecule has 27 heavy (non-hydrogen) atoms. The van der Waals surface area contributed by atoms with Crippen LogP contribution in [0.25, 0.3) is 11.1 Å². The van der Waals surface area contributed by atoms with E-state index >= 15 is 0 Å². The molecule has 5 nitrogen and oxygen atoms in total. The van der Waals surface area contributed by atoms with Crippen LogP contribution in [-0.2, 0) is 13.0 Å². The summed E-state index contributed by atoms with van der Waals surface area (Å²) in [5.74, 6) is -0.924. The van der Waals surface area contributed by atoms with Crippen LogP contribution in [0.15, 0.2) is 42.5 Å². The smallest absolute Gasteiger partial charge is 0.335 e. The Morgan fingerprint density at radius 1 is 1.26 bits per heavy atom. The molecule has 0 amide bonds. The van der Waals surface area contributed by atoms with Crippen LogP contribution >= 0.6 is 11.6 Å². The van der Waals surface area contributed by atoms with E-state index in [0.717, 1.165) is 28.1 Å². The summed E-state index contributed by atoms with van der Waals surface area (Å²) in [5, 5.41) is 23.4. The van der Waals surface area contributed by atoms with Crippen molar-refractivity contribution in [1.29, 1.82) is 5.26 Å². The number of carboxylic acid groups (broad SMARTS) is 1. The van der Waals surface area contributed by atoms with Gasteiger partial charge in [-0.3, -0.25) is 4.68 Å². The first-order chi connectivity index (χ1) is 12.9. The van der Waals surface area contributed by atoms with E-state index in [9.17, 15) is 9.90 Å². The van der Waals surface area contributed by atoms with Gasteiger partial charge in [-0.05, 0) is 49.6 Å². The molecule has 0 saturated carbocycles. The predicted molar refractivity (Wildman–Crippen MR) is 104 cm³/mol. The molecule has 0 saturated heterocycles. The third-order valence-electron chi connectivity index (χ3n) is 4.60. The average molecular weight is 380 g/mol. The second kappa shape index (κ2) is 7.65. The lowest BCUT2D eigenvalue weighted by molar-refractivity contribution is 0.0695. The molecule has 0 fully saturated rings. The Bertz CT molecular complexity index is 1060. The average Bonchev–Trinajstić information content (AvgIpc) is 2.93. The Morgan fingerprint density at radius 3 is 2.67 bits per heavy atom. The molecule has 3 aromatic rings. The van der Waals surface area contributed by atoms with Crippen molar-refractivity contribution in [2.75, 3.05) is 0 Å². The van der Waals surface area contributed by atoms with Crippen LogP contribution in [0.1, 0.15) is 32.9 Å². The van der Waals surface area contributed by atoms with E-state index < -0.39 is 5.97 Å². The molecule has 0 bridgehead atoms. The number of aromatic nitrogens is 2. The molecule has 1 N–H and O–H groups in total. The number of benzene rings is 2. The summed E-state index contributed by atoms with van der Waals surface area (Å²) < 4.78 is 1.88. The standard InChI is InChI=1S/C21H18ClN3O2/c1-13-20(16-7-8-17(12-23)19(22)11-16)14(2)25(24-13)10-9-15-5-3-4-6-18(15)21(26)27/h3-8,11H,9-10H2,1-2H3,(H,26,27). The molecule has 3 rings (SSSR count). The number of nitrogens with zero attached hydrogens (tertiary/aromatic N) is 3. The lowest BCUT2D eigenvalue weighted by Gasteiger charge is -2.08. The lowest BCUT2D eigenvalue weighted by Crippen LogP contribution is -2.09. The molecule has 0 aliphatic heterocycles. The second-order valence-electron chi connectivity index (χ2n) is 6.29. The van der Waals surface area contributed by atoms with Crippen LogP contribution < -0.4 is 0 Å². The minimum Gasteiger partial charge on any atom is -0.478 e. The monoisotopic (exact) mass is 379 g/mol. The maximum Gasteiger partial charge on any atom is 0.335 e. The minimum atomic E-state index is -0.924. The Balaban J connectivity index is 1.90. The summed E-state index contributed by atoms with van der Waals surface area (Å²) in [4.78, 5) is 11.4. The summed E-state index contributed by atoms with van der Waals surface area (Å²) >= 11 is 6.17. The zero-order chi connectivity index (χ0) is 19.6. The van der Waals surface area contributed by atoms with Crippen LogP contribution in [0.4, 0.5) is 0 Å². The van der Waals surface area contributed by atoms with E-state index in [0.29, 0.717) is 29.1 Å². The quantitative estimate of drug-likeness (QED) is 0.700. The van der Waals surface area contributed by atoms with E-state index in [2.05, 4.69) is 11.2 Å². The first-order valence-electron chi connectivity index (χ1n) is 8.47. The molecular formula is C21H18ClN3O2. The number of halogens is 1. The lowest BCUT2D eigenvalue weighted by atomic mass is 10.0. The normalized spacial score (nSPS) is 10.6. The summed E-state index contributed by atoms with van der Waals surface area (Å²) in [6.45, 7) is 4.47. The Hall–Kier alpha value is -3.10. The van der Waals surface area contributed by atoms with E-state index in [-0.39, 0.29) is 0 Å². The number of aromatic carboxylic acids is 1. The van der Waals surface area contributed by atoms with Crippen LogP contribution in [0, 0.1) is 25.2 Å². The molecule has 1 heterocycles. The Morgan fingerprint density at radius 2 is 2.00 bits per heavy atom. The molecule has 0 unspecified atom stereocenters. The summed E-state index contributed by atoms with van der Waals surface area (Å²) in [6, 6.07) is 14.4. The van der Waals surface area contributed by atoms with Gasteiger partial charge in [0, 0.05) is 17.8 Å². The van der Waals surface area contributed by atoms with Gasteiger partial charge in [0.2, 0.25) is 0 Å². The predicted octanol–water partition coefficient (Wildman–Crippen LogP) is 4.63. The van der Waals surface area contributed by atoms with Crippen LogP contribution in [0.2, 0.25) is 5.02 Å². The van der Waals surface area contributed by atoms with Gasteiger partial charge < -0.3 is 5.11 Å². The van der Waals surface area contributed by atoms with Gasteiger partial charge in [0.1, 0.15) is 6.07 Å². The molecule has 136 valence electrons. The molecule has 0 atom stereocenters. The van der Waals surface area contributed by atoms with Gasteiger partial charge >= 0.3 is 5.97 Å². The number of carbonyl (C=O) groups is 1. The third-order valence-corrected chi connectivity index (χ3v) is 4.91. The maximum absolute atomic E-state index is 11.4. The van der Waals surface area contributed by atoms with Gasteiger partial charge in [0.05, 0.1) is 21.8 Å². The van der Waals surface area contributed by atoms with Crippen molar-refractivity contribution in [2.45, 2.75) is 26.8 Å². The van der Waals surface area contributed by atoms with Crippen molar-refractivity contribution in [2.24, 2.45) is 0 Å². The SMILES string of the molecule is Cc1nn(CCc2ccccc2C(=O)O)c(C)c1-c1ccc(C#N)c(Cl)c1. The number of nitriles is 1. The summed E-state index contributed by atoms with van der Waals surface area (Å²) in [6.07, 6.45) is 0.567. The topological polar surface area (TPSA) is 78.9 Å². The highest BCUT2D eigenvalue weighted by molar-refractivity contribution is 6.32. The fraction of sp³-hybridized carbons (Fsp3) is 0.190. The fourth-order valence-electron chi connectivity index (χ4n) is 3.27. The van der Waals surface area contributed by atoms with Crippen LogP contribution in [0.3, 0.4) is 0 Å². The Labute approximate surface area is 162 Å². The number of carboxylic acids is 1. The highest BCUT2D eigenvalue weighted by Gasteiger charge is 2.16. The number of hydrogen-bond acceptors (Lipinski definition) is 3. The molecule has 0 radical (unpaired) electrons. The van der Waals surface area contributed by atoms with Gasteiger partial charge in [0.25, 0.3) is 0 Å². The van der Waals surface area contributed by atoms with E-state index in [4.69, 9.17) is 16.9 Å². The molecule has 2 aromatic carbocycles. The maximum atomic E-state index is 11.4. The molecule has 0 spiro atoms. The Kier molecular flexibility index (Phi) is 5.29. The van der Waals surface area contributed by atoms with Crippen molar-refractivity contribution in [1.82, 2.24) is 9.78 Å². The van der Waals surface area contributed by atoms with Crippen molar-refractivity contribution in [3.8, 4) is 17.2 Å². The molecule has 0 aliphatic carbocycles. The van der Waals surface area contributed by atoms with Gasteiger partial charge in [-0.1, -0.05) is 35.9 Å². The van der Waals surface area contributed by atoms with Gasteiger partial charge in [-0.2, -0.15) is 10.4 Å². The molecular weight excluding hydrogens is 362 g/mol. The minimum absolute atomic E-state index is 0.318. The summed E-state index contributed by atoms with van der Waals surface area (Å²) in [7, 11) is 0. The molecule has 6 heteroatoms. The van der Waals surface area contributed by atoms with Crippen molar-refractivity contribution >= 4 is 17.6 Å². The number of hydrogen-bond donors (Lipinski definition) is 1. The van der Waals surface area contributed by atoms with Gasteiger partial charge in [0.15, 0.2) is 0 Å². The first kappa shape index (κ1) is 18.7. The zero-order valence-corrected chi connectivity index (χ0v) is 15.8. The summed E-state index contributed by atoms with van der Waals surface area (Å²) in [5.41, 5.74) is 5.26. The van der Waals surface area contributed by atoms with Crippen molar-refractivity contribution in [3.05, 3.63) is 75.6 Å². The van der Waals surface area contributed by atoms with E-state index in [1.165, 1.54) is 0 Å². The van der Waals surface area contributed by atoms with E-state index in [1.807, 2.05) is 36.7 Å². The largest absolute Gasteiger partial charge is 0.478 e. The highest BCUT2D eigenvalue weighted by Crippen LogP contribution is 2.30. The van der Waals surface area contributed by atoms with Gasteiger partial charge in [-0.25, -0.2) is 4.79 Å². The second-order valence-corrected chi connectivity index (χ2v) is 6.69. The number of aryl methyl sites for hydroxylation is 3. The highest BCUT2D eigenvalue weighted by atomic mass is 35.5. The fourth-order valence-corrected chi connectivity index (χ4v) is 3.49. The first-order valence-corrected chi connectivity index (χ1v) is 8.85. The third kappa shape index (κ3) is 3.71.